The summed E-state index contributed by atoms with van der Waals surface area (Å²) in [6, 6.07) is 0. The number of carboxylic acids is 1. The normalized spacial score (nSPS) is 15.1. The Bertz CT molecular complexity index is 385. The second-order valence-electron chi connectivity index (χ2n) is 4.24. The maximum Gasteiger partial charge on any atom is 0.355 e. The van der Waals surface area contributed by atoms with Crippen LogP contribution in [0.4, 0.5) is 5.13 Å². The van der Waals surface area contributed by atoms with Gasteiger partial charge in [-0.2, -0.15) is 0 Å². The molecule has 16 heavy (non-hydrogen) atoms. The number of nitrogens with one attached hydrogen (secondary N) is 1. The first kappa shape index (κ1) is 11.4. The maximum absolute atomic E-state index is 10.8. The van der Waals surface area contributed by atoms with E-state index < -0.39 is 5.97 Å². The zero-order valence-corrected chi connectivity index (χ0v) is 10.1. The molecule has 1 aromatic rings. The smallest absolute Gasteiger partial charge is 0.355 e. The number of anilines is 1. The van der Waals surface area contributed by atoms with Gasteiger partial charge in [-0.1, -0.05) is 12.8 Å². The Hall–Kier alpha value is -1.10. The highest BCUT2D eigenvalue weighted by atomic mass is 32.1. The fourth-order valence-electron chi connectivity index (χ4n) is 1.66. The van der Waals surface area contributed by atoms with Crippen molar-refractivity contribution in [2.45, 2.75) is 32.6 Å². The van der Waals surface area contributed by atoms with Gasteiger partial charge in [0.1, 0.15) is 0 Å². The van der Waals surface area contributed by atoms with Crippen molar-refractivity contribution >= 4 is 22.4 Å². The van der Waals surface area contributed by atoms with E-state index in [0.29, 0.717) is 0 Å². The molecule has 88 valence electrons. The van der Waals surface area contributed by atoms with Crippen molar-refractivity contribution in [2.75, 3.05) is 11.9 Å². The highest BCUT2D eigenvalue weighted by Crippen LogP contribution is 2.33. The molecular weight excluding hydrogens is 224 g/mol. The second-order valence-corrected chi connectivity index (χ2v) is 5.44. The summed E-state index contributed by atoms with van der Waals surface area (Å²) in [5.41, 5.74) is 0.176. The third-order valence-corrected chi connectivity index (χ3v) is 3.69. The number of nitrogens with zero attached hydrogens (tertiary/aromatic N) is 1. The Morgan fingerprint density at radius 1 is 1.62 bits per heavy atom. The van der Waals surface area contributed by atoms with Crippen LogP contribution in [-0.2, 0) is 0 Å². The van der Waals surface area contributed by atoms with Crippen molar-refractivity contribution in [2.24, 2.45) is 5.92 Å². The number of aromatic carboxylic acids is 1. The minimum absolute atomic E-state index is 0.176. The van der Waals surface area contributed by atoms with Crippen LogP contribution >= 0.6 is 11.3 Å². The molecule has 2 N–H and O–H groups in total. The van der Waals surface area contributed by atoms with E-state index in [4.69, 9.17) is 5.11 Å². The van der Waals surface area contributed by atoms with Crippen molar-refractivity contribution in [1.29, 1.82) is 0 Å². The summed E-state index contributed by atoms with van der Waals surface area (Å²) in [5, 5.41) is 12.8. The van der Waals surface area contributed by atoms with Crippen molar-refractivity contribution in [1.82, 2.24) is 4.98 Å². The van der Waals surface area contributed by atoms with Crippen LogP contribution in [0, 0.1) is 12.8 Å². The van der Waals surface area contributed by atoms with E-state index in [9.17, 15) is 4.79 Å². The molecule has 0 radical (unpaired) electrons. The van der Waals surface area contributed by atoms with Gasteiger partial charge in [0.15, 0.2) is 10.8 Å². The van der Waals surface area contributed by atoms with Crippen molar-refractivity contribution in [3.05, 3.63) is 10.6 Å². The van der Waals surface area contributed by atoms with Crippen LogP contribution in [-0.4, -0.2) is 22.6 Å². The second kappa shape index (κ2) is 4.82. The fourth-order valence-corrected chi connectivity index (χ4v) is 2.49. The van der Waals surface area contributed by atoms with Crippen LogP contribution in [0.3, 0.4) is 0 Å². The predicted molar refractivity (Wildman–Crippen MR) is 64.3 cm³/mol. The number of thiazole rings is 1. The maximum atomic E-state index is 10.8. The summed E-state index contributed by atoms with van der Waals surface area (Å²) in [4.78, 5) is 15.6. The standard InChI is InChI=1S/C11H16N2O2S/c1-7-9(10(14)15)13-11(16-7)12-6-2-3-8-4-5-8/h8H,2-6H2,1H3,(H,12,13)(H,14,15). The third kappa shape index (κ3) is 2.95. The SMILES string of the molecule is Cc1sc(NCCCC2CC2)nc1C(=O)O. The van der Waals surface area contributed by atoms with Gasteiger partial charge in [-0.25, -0.2) is 9.78 Å². The van der Waals surface area contributed by atoms with E-state index in [-0.39, 0.29) is 5.69 Å². The first-order chi connectivity index (χ1) is 7.66. The first-order valence-electron chi connectivity index (χ1n) is 5.61. The van der Waals surface area contributed by atoms with Crippen molar-refractivity contribution in [3.8, 4) is 0 Å². The monoisotopic (exact) mass is 240 g/mol. The first-order valence-corrected chi connectivity index (χ1v) is 6.43. The molecule has 1 saturated carbocycles. The molecule has 1 aliphatic rings. The van der Waals surface area contributed by atoms with E-state index >= 15 is 0 Å². The molecule has 2 rings (SSSR count). The van der Waals surface area contributed by atoms with Crippen molar-refractivity contribution < 1.29 is 9.90 Å². The summed E-state index contributed by atoms with van der Waals surface area (Å²) in [6.45, 7) is 2.68. The molecule has 0 amide bonds. The molecule has 1 fully saturated rings. The van der Waals surface area contributed by atoms with Crippen LogP contribution in [0.15, 0.2) is 0 Å². The average molecular weight is 240 g/mol. The van der Waals surface area contributed by atoms with Crippen LogP contribution < -0.4 is 5.32 Å². The average Bonchev–Trinajstić information content (AvgIpc) is 2.97. The van der Waals surface area contributed by atoms with E-state index in [1.54, 1.807) is 6.92 Å². The topological polar surface area (TPSA) is 62.2 Å². The molecule has 4 nitrogen and oxygen atoms in total. The molecule has 5 heteroatoms. The minimum atomic E-state index is -0.945. The molecule has 0 aliphatic heterocycles. The summed E-state index contributed by atoms with van der Waals surface area (Å²) in [6.07, 6.45) is 5.20. The molecular formula is C11H16N2O2S. The highest BCUT2D eigenvalue weighted by molar-refractivity contribution is 7.15. The minimum Gasteiger partial charge on any atom is -0.476 e. The van der Waals surface area contributed by atoms with Gasteiger partial charge in [0.05, 0.1) is 0 Å². The Morgan fingerprint density at radius 2 is 2.38 bits per heavy atom. The fraction of sp³-hybridized carbons (Fsp3) is 0.636. The quantitative estimate of drug-likeness (QED) is 0.750. The van der Waals surface area contributed by atoms with Crippen LogP contribution in [0.1, 0.15) is 41.0 Å². The molecule has 0 bridgehead atoms. The summed E-state index contributed by atoms with van der Waals surface area (Å²) in [5.74, 6) is 0.00851. The molecule has 0 unspecified atom stereocenters. The van der Waals surface area contributed by atoms with Gasteiger partial charge in [0, 0.05) is 11.4 Å². The lowest BCUT2D eigenvalue weighted by Gasteiger charge is -2.00. The van der Waals surface area contributed by atoms with Gasteiger partial charge in [-0.05, 0) is 25.7 Å². The molecule has 0 spiro atoms. The van der Waals surface area contributed by atoms with Gasteiger partial charge in [-0.3, -0.25) is 0 Å². The summed E-state index contributed by atoms with van der Waals surface area (Å²) in [7, 11) is 0. The Kier molecular flexibility index (Phi) is 3.43. The van der Waals surface area contributed by atoms with Gasteiger partial charge in [0.2, 0.25) is 0 Å². The Morgan fingerprint density at radius 3 is 2.94 bits per heavy atom. The summed E-state index contributed by atoms with van der Waals surface area (Å²) < 4.78 is 0. The lowest BCUT2D eigenvalue weighted by molar-refractivity contribution is 0.0690. The number of aromatic nitrogens is 1. The number of carbonyl (C=O) groups is 1. The molecule has 1 aliphatic carbocycles. The van der Waals surface area contributed by atoms with Gasteiger partial charge >= 0.3 is 5.97 Å². The van der Waals surface area contributed by atoms with E-state index in [2.05, 4.69) is 10.3 Å². The van der Waals surface area contributed by atoms with Crippen LogP contribution in [0.2, 0.25) is 0 Å². The lowest BCUT2D eigenvalue weighted by atomic mass is 10.2. The number of hydrogen-bond donors (Lipinski definition) is 2. The number of aryl methyl sites for hydroxylation is 1. The van der Waals surface area contributed by atoms with Crippen LogP contribution in [0.5, 0.6) is 0 Å². The lowest BCUT2D eigenvalue weighted by Crippen LogP contribution is -2.03. The molecule has 0 saturated heterocycles. The number of hydrogen-bond acceptors (Lipinski definition) is 4. The molecule has 1 heterocycles. The zero-order chi connectivity index (χ0) is 11.5. The number of rotatable bonds is 6. The molecule has 0 atom stereocenters. The van der Waals surface area contributed by atoms with Crippen LogP contribution in [0.25, 0.3) is 0 Å². The largest absolute Gasteiger partial charge is 0.476 e. The van der Waals surface area contributed by atoms with E-state index in [1.807, 2.05) is 0 Å². The molecule has 0 aromatic carbocycles. The molecule has 1 aromatic heterocycles. The van der Waals surface area contributed by atoms with E-state index in [0.717, 1.165) is 28.9 Å². The Labute approximate surface area is 98.7 Å². The third-order valence-electron chi connectivity index (χ3n) is 2.76. The zero-order valence-electron chi connectivity index (χ0n) is 9.32. The summed E-state index contributed by atoms with van der Waals surface area (Å²) >= 11 is 1.41. The van der Waals surface area contributed by atoms with E-state index in [1.165, 1.54) is 30.6 Å². The van der Waals surface area contributed by atoms with Gasteiger partial charge in [0.25, 0.3) is 0 Å². The highest BCUT2D eigenvalue weighted by Gasteiger charge is 2.20. The van der Waals surface area contributed by atoms with Gasteiger partial charge in [-0.15, -0.1) is 11.3 Å². The van der Waals surface area contributed by atoms with Crippen molar-refractivity contribution in [3.63, 3.8) is 0 Å². The predicted octanol–water partition coefficient (Wildman–Crippen LogP) is 2.75. The number of carboxylic acid groups (broad SMARTS) is 1. The van der Waals surface area contributed by atoms with Gasteiger partial charge < -0.3 is 10.4 Å². The Balaban J connectivity index is 1.79.